The van der Waals surface area contributed by atoms with Crippen LogP contribution < -0.4 is 5.56 Å². The summed E-state index contributed by atoms with van der Waals surface area (Å²) in [6.45, 7) is 0. The number of nitrogens with one attached hydrogen (secondary N) is 1. The summed E-state index contributed by atoms with van der Waals surface area (Å²) in [5.74, 6) is -0.409. The first kappa shape index (κ1) is 11.6. The van der Waals surface area contributed by atoms with Crippen LogP contribution in [0.15, 0.2) is 41.5 Å². The van der Waals surface area contributed by atoms with E-state index in [1.807, 2.05) is 0 Å². The van der Waals surface area contributed by atoms with Crippen molar-refractivity contribution in [2.45, 2.75) is 0 Å². The van der Waals surface area contributed by atoms with Crippen LogP contribution >= 0.6 is 0 Å². The normalized spacial score (nSPS) is 9.00. The highest BCUT2D eigenvalue weighted by molar-refractivity contribution is 5.36. The number of aromatic nitrogens is 2. The average molecular weight is 222 g/mol. The van der Waals surface area contributed by atoms with Crippen LogP contribution in [0, 0.1) is 0 Å². The van der Waals surface area contributed by atoms with Gasteiger partial charge >= 0.3 is 0 Å². The maximum absolute atomic E-state index is 10.2. The molecule has 4 N–H and O–H groups in total. The molecule has 0 spiro atoms. The molecule has 6 heteroatoms. The van der Waals surface area contributed by atoms with Crippen LogP contribution in [-0.2, 0) is 0 Å². The van der Waals surface area contributed by atoms with Gasteiger partial charge in [-0.15, -0.1) is 0 Å². The van der Waals surface area contributed by atoms with Crippen LogP contribution in [0.1, 0.15) is 0 Å². The molecule has 0 aliphatic rings. The Bertz CT molecular complexity index is 489. The van der Waals surface area contributed by atoms with E-state index in [9.17, 15) is 4.79 Å². The van der Waals surface area contributed by atoms with Crippen LogP contribution in [0.4, 0.5) is 0 Å². The standard InChI is InChI=1S/C6H6O2.C4H4N2O2/c7-5-3-1-2-4-6(5)8;7-3-1-4(8)6-2-5-3/h1-4,7-8H;1-2H,(H2,5,6,7,8). The van der Waals surface area contributed by atoms with Gasteiger partial charge < -0.3 is 20.3 Å². The van der Waals surface area contributed by atoms with Crippen LogP contribution in [-0.4, -0.2) is 25.3 Å². The Balaban J connectivity index is 0.000000160. The Morgan fingerprint density at radius 1 is 1.06 bits per heavy atom. The summed E-state index contributed by atoms with van der Waals surface area (Å²) >= 11 is 0. The molecule has 0 radical (unpaired) electrons. The summed E-state index contributed by atoms with van der Waals surface area (Å²) in [6.07, 6.45) is 1.14. The molecule has 0 amide bonds. The second-order valence-electron chi connectivity index (χ2n) is 2.76. The minimum atomic E-state index is -0.350. The fraction of sp³-hybridized carbons (Fsp3) is 0. The molecular formula is C10H10N2O4. The Kier molecular flexibility index (Phi) is 3.90. The molecule has 2 aromatic rings. The van der Waals surface area contributed by atoms with Crippen molar-refractivity contribution in [2.24, 2.45) is 0 Å². The summed E-state index contributed by atoms with van der Waals surface area (Å²) in [5.41, 5.74) is -0.350. The predicted octanol–water partition coefficient (Wildman–Crippen LogP) is 0.573. The topological polar surface area (TPSA) is 106 Å². The van der Waals surface area contributed by atoms with Crippen LogP contribution in [0.25, 0.3) is 0 Å². The number of H-pyrrole nitrogens is 1. The smallest absolute Gasteiger partial charge is 0.254 e. The van der Waals surface area contributed by atoms with Gasteiger partial charge in [0.2, 0.25) is 5.88 Å². The van der Waals surface area contributed by atoms with E-state index >= 15 is 0 Å². The first-order valence-electron chi connectivity index (χ1n) is 4.30. The summed E-state index contributed by atoms with van der Waals surface area (Å²) in [6, 6.07) is 7.15. The molecule has 1 aromatic heterocycles. The predicted molar refractivity (Wildman–Crippen MR) is 56.3 cm³/mol. The Hall–Kier alpha value is -2.50. The molecule has 16 heavy (non-hydrogen) atoms. The van der Waals surface area contributed by atoms with Crippen LogP contribution in [0.5, 0.6) is 17.4 Å². The maximum Gasteiger partial charge on any atom is 0.254 e. The van der Waals surface area contributed by atoms with Gasteiger partial charge in [0.15, 0.2) is 11.5 Å². The molecule has 0 saturated carbocycles. The van der Waals surface area contributed by atoms with E-state index in [0.717, 1.165) is 12.4 Å². The number of phenolic OH excluding ortho intramolecular Hbond substituents is 2. The van der Waals surface area contributed by atoms with E-state index in [1.165, 1.54) is 12.1 Å². The molecule has 1 heterocycles. The highest BCUT2D eigenvalue weighted by Crippen LogP contribution is 2.21. The molecule has 84 valence electrons. The SMILES string of the molecule is O=c1cc(O)nc[nH]1.Oc1ccccc1O. The molecule has 0 atom stereocenters. The second-order valence-corrected chi connectivity index (χ2v) is 2.76. The molecule has 0 aliphatic carbocycles. The summed E-state index contributed by atoms with van der Waals surface area (Å²) in [5, 5.41) is 25.8. The van der Waals surface area contributed by atoms with E-state index in [0.29, 0.717) is 0 Å². The minimum absolute atomic E-state index is 0.0764. The van der Waals surface area contributed by atoms with E-state index in [2.05, 4.69) is 9.97 Å². The number of hydrogen-bond acceptors (Lipinski definition) is 5. The molecule has 0 bridgehead atoms. The van der Waals surface area contributed by atoms with Gasteiger partial charge in [-0.2, -0.15) is 0 Å². The maximum atomic E-state index is 10.2. The number of aromatic amines is 1. The summed E-state index contributed by atoms with van der Waals surface area (Å²) in [7, 11) is 0. The number of para-hydroxylation sites is 2. The summed E-state index contributed by atoms with van der Waals surface area (Å²) < 4.78 is 0. The van der Waals surface area contributed by atoms with Gasteiger partial charge in [-0.05, 0) is 12.1 Å². The molecule has 0 fully saturated rings. The largest absolute Gasteiger partial charge is 0.504 e. The van der Waals surface area contributed by atoms with Crippen LogP contribution in [0.2, 0.25) is 0 Å². The highest BCUT2D eigenvalue weighted by Gasteiger charge is 1.90. The molecule has 0 aliphatic heterocycles. The quantitative estimate of drug-likeness (QED) is 0.487. The van der Waals surface area contributed by atoms with Crippen LogP contribution in [0.3, 0.4) is 0 Å². The molecule has 0 saturated heterocycles. The minimum Gasteiger partial charge on any atom is -0.504 e. The zero-order valence-electron chi connectivity index (χ0n) is 8.16. The van der Waals surface area contributed by atoms with Crippen molar-refractivity contribution in [1.29, 1.82) is 0 Å². The van der Waals surface area contributed by atoms with E-state index in [-0.39, 0.29) is 22.9 Å². The van der Waals surface area contributed by atoms with Gasteiger partial charge in [0.1, 0.15) is 0 Å². The van der Waals surface area contributed by atoms with Gasteiger partial charge in [-0.3, -0.25) is 4.79 Å². The first-order valence-corrected chi connectivity index (χ1v) is 4.30. The first-order chi connectivity index (χ1) is 7.59. The molecule has 6 nitrogen and oxygen atoms in total. The van der Waals surface area contributed by atoms with E-state index in [1.54, 1.807) is 12.1 Å². The number of rotatable bonds is 0. The van der Waals surface area contributed by atoms with Crippen molar-refractivity contribution < 1.29 is 15.3 Å². The third kappa shape index (κ3) is 3.70. The van der Waals surface area contributed by atoms with Gasteiger partial charge in [0, 0.05) is 0 Å². The highest BCUT2D eigenvalue weighted by atomic mass is 16.3. The lowest BCUT2D eigenvalue weighted by molar-refractivity contribution is 0.404. The van der Waals surface area contributed by atoms with Gasteiger partial charge in [0.05, 0.1) is 12.4 Å². The van der Waals surface area contributed by atoms with Gasteiger partial charge in [-0.1, -0.05) is 12.1 Å². The van der Waals surface area contributed by atoms with Crippen molar-refractivity contribution in [3.8, 4) is 17.4 Å². The van der Waals surface area contributed by atoms with Crippen molar-refractivity contribution in [3.63, 3.8) is 0 Å². The fourth-order valence-corrected chi connectivity index (χ4v) is 0.822. The number of hydrogen-bond donors (Lipinski definition) is 4. The van der Waals surface area contributed by atoms with E-state index in [4.69, 9.17) is 15.3 Å². The third-order valence-electron chi connectivity index (χ3n) is 1.55. The lowest BCUT2D eigenvalue weighted by atomic mass is 10.3. The molecular weight excluding hydrogens is 212 g/mol. The number of phenols is 2. The van der Waals surface area contributed by atoms with Crippen molar-refractivity contribution in [3.05, 3.63) is 47.0 Å². The fourth-order valence-electron chi connectivity index (χ4n) is 0.822. The van der Waals surface area contributed by atoms with Gasteiger partial charge in [0.25, 0.3) is 5.56 Å². The van der Waals surface area contributed by atoms with Crippen molar-refractivity contribution in [1.82, 2.24) is 9.97 Å². The lowest BCUT2D eigenvalue weighted by Crippen LogP contribution is -2.01. The molecule has 2 rings (SSSR count). The Morgan fingerprint density at radius 2 is 1.62 bits per heavy atom. The van der Waals surface area contributed by atoms with Crippen molar-refractivity contribution >= 4 is 0 Å². The Labute approximate surface area is 90.5 Å². The average Bonchev–Trinajstić information content (AvgIpc) is 2.23. The Morgan fingerprint density at radius 3 is 1.94 bits per heavy atom. The zero-order valence-corrected chi connectivity index (χ0v) is 8.16. The molecule has 1 aromatic carbocycles. The zero-order chi connectivity index (χ0) is 12.0. The third-order valence-corrected chi connectivity index (χ3v) is 1.55. The lowest BCUT2D eigenvalue weighted by Gasteiger charge is -1.91. The number of nitrogens with zero attached hydrogens (tertiary/aromatic N) is 1. The monoisotopic (exact) mass is 222 g/mol. The molecule has 0 unspecified atom stereocenters. The number of benzene rings is 1. The van der Waals surface area contributed by atoms with E-state index < -0.39 is 0 Å². The summed E-state index contributed by atoms with van der Waals surface area (Å²) in [4.78, 5) is 15.8. The van der Waals surface area contributed by atoms with Crippen molar-refractivity contribution in [2.75, 3.05) is 0 Å². The number of aromatic hydroxyl groups is 3. The van der Waals surface area contributed by atoms with Gasteiger partial charge in [-0.25, -0.2) is 4.98 Å². The second kappa shape index (κ2) is 5.40.